The third kappa shape index (κ3) is 3.09. The fourth-order valence-corrected chi connectivity index (χ4v) is 0.862. The fourth-order valence-electron chi connectivity index (χ4n) is 0.862. The van der Waals surface area contributed by atoms with Crippen LogP contribution in [0, 0.1) is 6.92 Å². The maximum atomic E-state index is 8.12. The molecule has 0 bridgehead atoms. The molecule has 0 saturated carbocycles. The van der Waals surface area contributed by atoms with Crippen LogP contribution in [-0.4, -0.2) is 31.3 Å². The lowest BCUT2D eigenvalue weighted by Crippen LogP contribution is -1.97. The Kier molecular flexibility index (Phi) is 3.81. The van der Waals surface area contributed by atoms with Gasteiger partial charge in [-0.2, -0.15) is 14.3 Å². The molecule has 0 fully saturated rings. The van der Waals surface area contributed by atoms with Gasteiger partial charge in [0.1, 0.15) is 6.33 Å². The Labute approximate surface area is 84.8 Å². The molecule has 7 heteroatoms. The predicted octanol–water partition coefficient (Wildman–Crippen LogP) is -0.218. The summed E-state index contributed by atoms with van der Waals surface area (Å²) < 4.78 is 1.51. The number of aryl methyl sites for hydroxylation is 1. The van der Waals surface area contributed by atoms with Gasteiger partial charge in [-0.15, -0.1) is 5.10 Å². The smallest absolute Gasteiger partial charge is 0.237 e. The second-order valence-electron chi connectivity index (χ2n) is 2.53. The standard InChI is InChI=1S/C7H7N5.CO2/c1-6-2-3-7(8-4-6)12-5-9-10-11-12;2-1-3/h2-5H,1H3;. The monoisotopic (exact) mass is 205 g/mol. The first-order valence-corrected chi connectivity index (χ1v) is 3.93. The topological polar surface area (TPSA) is 90.6 Å². The zero-order valence-electron chi connectivity index (χ0n) is 7.86. The highest BCUT2D eigenvalue weighted by Gasteiger charge is 1.96. The summed E-state index contributed by atoms with van der Waals surface area (Å²) >= 11 is 0. The first-order chi connectivity index (χ1) is 7.27. The number of carbonyl (C=O) groups excluding carboxylic acids is 2. The third-order valence-electron chi connectivity index (χ3n) is 1.48. The molecule has 0 amide bonds. The highest BCUT2D eigenvalue weighted by molar-refractivity contribution is 5.22. The molecule has 15 heavy (non-hydrogen) atoms. The van der Waals surface area contributed by atoms with E-state index in [1.165, 1.54) is 11.0 Å². The fraction of sp³-hybridized carbons (Fsp3) is 0.125. The molecule has 0 unspecified atom stereocenters. The maximum Gasteiger partial charge on any atom is 0.373 e. The Balaban J connectivity index is 0.000000337. The molecule has 2 rings (SSSR count). The van der Waals surface area contributed by atoms with Gasteiger partial charge in [0.05, 0.1) is 0 Å². The van der Waals surface area contributed by atoms with Crippen LogP contribution in [0.4, 0.5) is 0 Å². The van der Waals surface area contributed by atoms with E-state index in [0.717, 1.165) is 11.4 Å². The third-order valence-corrected chi connectivity index (χ3v) is 1.48. The number of aromatic nitrogens is 5. The van der Waals surface area contributed by atoms with E-state index in [4.69, 9.17) is 9.59 Å². The van der Waals surface area contributed by atoms with Crippen LogP contribution in [0.5, 0.6) is 0 Å². The molecule has 7 nitrogen and oxygen atoms in total. The van der Waals surface area contributed by atoms with Crippen molar-refractivity contribution in [3.05, 3.63) is 30.2 Å². The van der Waals surface area contributed by atoms with Crippen LogP contribution in [0.15, 0.2) is 24.7 Å². The average molecular weight is 205 g/mol. The zero-order valence-corrected chi connectivity index (χ0v) is 7.86. The van der Waals surface area contributed by atoms with Crippen molar-refractivity contribution in [1.82, 2.24) is 25.2 Å². The number of rotatable bonds is 1. The lowest BCUT2D eigenvalue weighted by molar-refractivity contribution is -0.191. The number of nitrogens with zero attached hydrogens (tertiary/aromatic N) is 5. The quantitative estimate of drug-likeness (QED) is 0.639. The predicted molar refractivity (Wildman–Crippen MR) is 46.7 cm³/mol. The van der Waals surface area contributed by atoms with Crippen LogP contribution in [0.25, 0.3) is 5.82 Å². The van der Waals surface area contributed by atoms with Crippen molar-refractivity contribution in [2.45, 2.75) is 6.92 Å². The molecule has 0 aliphatic carbocycles. The maximum absolute atomic E-state index is 8.12. The molecule has 76 valence electrons. The summed E-state index contributed by atoms with van der Waals surface area (Å²) in [7, 11) is 0. The van der Waals surface area contributed by atoms with Crippen LogP contribution in [0.3, 0.4) is 0 Å². The van der Waals surface area contributed by atoms with E-state index >= 15 is 0 Å². The minimum absolute atomic E-state index is 0.250. The van der Waals surface area contributed by atoms with Gasteiger partial charge in [-0.25, -0.2) is 4.98 Å². The van der Waals surface area contributed by atoms with Gasteiger partial charge in [0, 0.05) is 6.20 Å². The first kappa shape index (κ1) is 10.7. The SMILES string of the molecule is Cc1ccc(-n2cnnn2)nc1.O=C=O. The van der Waals surface area contributed by atoms with Crippen molar-refractivity contribution in [3.63, 3.8) is 0 Å². The molecule has 0 saturated heterocycles. The molecule has 0 radical (unpaired) electrons. The van der Waals surface area contributed by atoms with Crippen molar-refractivity contribution >= 4 is 6.15 Å². The second-order valence-corrected chi connectivity index (χ2v) is 2.53. The average Bonchev–Trinajstić information content (AvgIpc) is 2.73. The highest BCUT2D eigenvalue weighted by Crippen LogP contribution is 2.01. The molecule has 0 aliphatic rings. The zero-order chi connectivity index (χ0) is 11.1. The van der Waals surface area contributed by atoms with Gasteiger partial charge in [-0.05, 0) is 29.0 Å². The van der Waals surface area contributed by atoms with Gasteiger partial charge < -0.3 is 0 Å². The van der Waals surface area contributed by atoms with Crippen LogP contribution in [0.1, 0.15) is 5.56 Å². The lowest BCUT2D eigenvalue weighted by atomic mass is 10.3. The summed E-state index contributed by atoms with van der Waals surface area (Å²) in [6.45, 7) is 1.98. The number of hydrogen-bond acceptors (Lipinski definition) is 6. The minimum atomic E-state index is 0.250. The van der Waals surface area contributed by atoms with Crippen molar-refractivity contribution in [2.24, 2.45) is 0 Å². The number of pyridine rings is 1. The summed E-state index contributed by atoms with van der Waals surface area (Å²) in [5.74, 6) is 0.727. The Morgan fingerprint density at radius 3 is 2.53 bits per heavy atom. The van der Waals surface area contributed by atoms with Gasteiger partial charge in [-0.1, -0.05) is 6.07 Å². The summed E-state index contributed by atoms with van der Waals surface area (Å²) in [5.41, 5.74) is 1.12. The molecule has 0 atom stereocenters. The van der Waals surface area contributed by atoms with E-state index < -0.39 is 0 Å². The van der Waals surface area contributed by atoms with Crippen LogP contribution in [0.2, 0.25) is 0 Å². The summed E-state index contributed by atoms with van der Waals surface area (Å²) in [6, 6.07) is 3.83. The summed E-state index contributed by atoms with van der Waals surface area (Å²) in [5, 5.41) is 10.7. The van der Waals surface area contributed by atoms with Crippen molar-refractivity contribution in [2.75, 3.05) is 0 Å². The van der Waals surface area contributed by atoms with Gasteiger partial charge in [-0.3, -0.25) is 0 Å². The van der Waals surface area contributed by atoms with E-state index in [1.54, 1.807) is 6.20 Å². The first-order valence-electron chi connectivity index (χ1n) is 3.93. The van der Waals surface area contributed by atoms with Crippen molar-refractivity contribution in [3.8, 4) is 5.82 Å². The Morgan fingerprint density at radius 1 is 1.33 bits per heavy atom. The summed E-state index contributed by atoms with van der Waals surface area (Å²) in [6.07, 6.45) is 3.54. The Bertz CT molecular complexity index is 431. The van der Waals surface area contributed by atoms with Crippen molar-refractivity contribution < 1.29 is 9.59 Å². The van der Waals surface area contributed by atoms with E-state index in [0.29, 0.717) is 0 Å². The van der Waals surface area contributed by atoms with E-state index in [2.05, 4.69) is 20.5 Å². The lowest BCUT2D eigenvalue weighted by Gasteiger charge is -1.96. The molecular formula is C8H7N5O2. The molecule has 2 heterocycles. The van der Waals surface area contributed by atoms with Crippen LogP contribution in [-0.2, 0) is 9.59 Å². The number of hydrogen-bond donors (Lipinski definition) is 0. The number of tetrazole rings is 1. The molecular weight excluding hydrogens is 198 g/mol. The largest absolute Gasteiger partial charge is 0.373 e. The minimum Gasteiger partial charge on any atom is -0.237 e. The Hall–Kier alpha value is -2.40. The molecule has 0 aromatic carbocycles. The van der Waals surface area contributed by atoms with E-state index in [-0.39, 0.29) is 6.15 Å². The second kappa shape index (κ2) is 5.36. The van der Waals surface area contributed by atoms with Crippen molar-refractivity contribution in [1.29, 1.82) is 0 Å². The van der Waals surface area contributed by atoms with Crippen LogP contribution < -0.4 is 0 Å². The highest BCUT2D eigenvalue weighted by atomic mass is 16.2. The van der Waals surface area contributed by atoms with Gasteiger partial charge in [0.15, 0.2) is 5.82 Å². The normalized spacial score (nSPS) is 8.60. The summed E-state index contributed by atoms with van der Waals surface area (Å²) in [4.78, 5) is 20.4. The van der Waals surface area contributed by atoms with Crippen LogP contribution >= 0.6 is 0 Å². The Morgan fingerprint density at radius 2 is 2.07 bits per heavy atom. The van der Waals surface area contributed by atoms with Gasteiger partial charge in [0.25, 0.3) is 0 Å². The molecule has 0 aliphatic heterocycles. The molecule has 0 spiro atoms. The molecule has 0 N–H and O–H groups in total. The van der Waals surface area contributed by atoms with E-state index in [1.807, 2.05) is 19.1 Å². The van der Waals surface area contributed by atoms with E-state index in [9.17, 15) is 0 Å². The van der Waals surface area contributed by atoms with Gasteiger partial charge in [0.2, 0.25) is 0 Å². The molecule has 2 aromatic rings. The van der Waals surface area contributed by atoms with Gasteiger partial charge >= 0.3 is 6.15 Å². The molecule has 2 aromatic heterocycles.